The molecule has 0 aliphatic rings. The van der Waals surface area contributed by atoms with Crippen LogP contribution in [0, 0.1) is 0 Å². The summed E-state index contributed by atoms with van der Waals surface area (Å²) in [6.07, 6.45) is 58.0. The Morgan fingerprint density at radius 1 is 0.434 bits per heavy atom. The Morgan fingerprint density at radius 3 is 0.981 bits per heavy atom. The minimum atomic E-state index is -0.831. The molecule has 0 aromatic rings. The molecule has 3 N–H and O–H groups in total. The highest BCUT2D eigenvalue weighted by molar-refractivity contribution is 5.76. The first kappa shape index (κ1) is 52.1. The minimum absolute atomic E-state index is 0.0619. The molecule has 0 aliphatic carbocycles. The van der Waals surface area contributed by atoms with E-state index in [0.29, 0.717) is 6.42 Å². The van der Waals surface area contributed by atoms with Gasteiger partial charge in [-0.3, -0.25) is 4.79 Å². The van der Waals surface area contributed by atoms with Gasteiger partial charge in [-0.25, -0.2) is 0 Å². The zero-order valence-corrected chi connectivity index (χ0v) is 36.3. The van der Waals surface area contributed by atoms with Gasteiger partial charge in [-0.05, 0) is 19.3 Å². The number of aliphatic hydroxyl groups excluding tert-OH is 2. The summed E-state index contributed by atoms with van der Waals surface area (Å²) in [5.41, 5.74) is 0. The Morgan fingerprint density at radius 2 is 0.698 bits per heavy atom. The van der Waals surface area contributed by atoms with Crippen molar-refractivity contribution in [3.8, 4) is 0 Å². The van der Waals surface area contributed by atoms with Crippen molar-refractivity contribution in [2.45, 2.75) is 289 Å². The first-order valence-corrected chi connectivity index (χ1v) is 24.4. The number of aliphatic hydroxyl groups is 2. The fourth-order valence-electron chi connectivity index (χ4n) is 7.77. The van der Waals surface area contributed by atoms with E-state index in [0.717, 1.165) is 25.7 Å². The molecule has 0 rings (SSSR count). The number of nitrogens with one attached hydrogen (secondary N) is 1. The number of carbonyl (C=O) groups excluding carboxylic acids is 1. The quantitative estimate of drug-likeness (QED) is 0.0429. The van der Waals surface area contributed by atoms with Gasteiger partial charge < -0.3 is 15.5 Å². The summed E-state index contributed by atoms with van der Waals surface area (Å²) >= 11 is 0. The van der Waals surface area contributed by atoms with Gasteiger partial charge >= 0.3 is 0 Å². The Balaban J connectivity index is 3.33. The monoisotopic (exact) mass is 748 g/mol. The molecule has 4 heteroatoms. The molecule has 0 heterocycles. The van der Waals surface area contributed by atoms with Gasteiger partial charge in [0.2, 0.25) is 5.91 Å². The zero-order chi connectivity index (χ0) is 38.6. The predicted molar refractivity (Wildman–Crippen MR) is 235 cm³/mol. The van der Waals surface area contributed by atoms with Crippen LogP contribution in [0.15, 0.2) is 12.2 Å². The number of hydrogen-bond donors (Lipinski definition) is 3. The average Bonchev–Trinajstić information content (AvgIpc) is 3.16. The van der Waals surface area contributed by atoms with Crippen molar-refractivity contribution in [3.05, 3.63) is 12.2 Å². The van der Waals surface area contributed by atoms with Gasteiger partial charge in [0.05, 0.1) is 18.8 Å². The van der Waals surface area contributed by atoms with Crippen LogP contribution in [0.1, 0.15) is 277 Å². The summed E-state index contributed by atoms with van der Waals surface area (Å²) in [4.78, 5) is 12.3. The maximum absolute atomic E-state index is 12.3. The molecule has 0 saturated carbocycles. The molecule has 0 fully saturated rings. The molecule has 53 heavy (non-hydrogen) atoms. The maximum Gasteiger partial charge on any atom is 0.220 e. The normalized spacial score (nSPS) is 12.9. The van der Waals surface area contributed by atoms with E-state index in [1.165, 1.54) is 231 Å². The second kappa shape index (κ2) is 45.5. The first-order valence-electron chi connectivity index (χ1n) is 24.4. The highest BCUT2D eigenvalue weighted by Crippen LogP contribution is 2.17. The predicted octanol–water partition coefficient (Wildman–Crippen LogP) is 15.4. The van der Waals surface area contributed by atoms with Crippen LogP contribution in [0.3, 0.4) is 0 Å². The van der Waals surface area contributed by atoms with Gasteiger partial charge in [0.1, 0.15) is 0 Å². The fraction of sp³-hybridized carbons (Fsp3) is 0.939. The van der Waals surface area contributed by atoms with E-state index in [9.17, 15) is 15.0 Å². The molecule has 0 spiro atoms. The second-order valence-electron chi connectivity index (χ2n) is 16.9. The van der Waals surface area contributed by atoms with Gasteiger partial charge in [-0.1, -0.05) is 264 Å². The maximum atomic E-state index is 12.3. The third kappa shape index (κ3) is 42.1. The standard InChI is InChI=1S/C49H97NO3/c1-3-5-7-9-11-13-14-15-16-17-18-19-20-21-22-23-24-25-26-27-28-29-30-31-32-33-34-35-36-37-39-41-43-45-49(53)50-47(46-51)48(52)44-42-40-38-12-10-8-6-4-2/h42,44,47-48,51-52H,3-41,43,45-46H2,1-2H3,(H,50,53)/b44-42+. The highest BCUT2D eigenvalue weighted by Gasteiger charge is 2.18. The SMILES string of the molecule is CCCCCCCC/C=C/C(O)C(CO)NC(=O)CCCCCCCCCCCCCCCCCCCCCCCCCCCCCCCCCCC. The number of amides is 1. The second-order valence-corrected chi connectivity index (χ2v) is 16.9. The Labute approximate surface area is 333 Å². The lowest BCUT2D eigenvalue weighted by molar-refractivity contribution is -0.123. The van der Waals surface area contributed by atoms with Gasteiger partial charge in [0, 0.05) is 6.42 Å². The van der Waals surface area contributed by atoms with Crippen molar-refractivity contribution < 1.29 is 15.0 Å². The third-order valence-corrected chi connectivity index (χ3v) is 11.5. The molecule has 0 saturated heterocycles. The van der Waals surface area contributed by atoms with Gasteiger partial charge in [-0.15, -0.1) is 0 Å². The molecule has 2 unspecified atom stereocenters. The Bertz CT molecular complexity index is 725. The summed E-state index contributed by atoms with van der Waals surface area (Å²) in [6.45, 7) is 4.29. The molecular weight excluding hydrogens is 651 g/mol. The summed E-state index contributed by atoms with van der Waals surface area (Å²) in [5.74, 6) is -0.0619. The average molecular weight is 748 g/mol. The highest BCUT2D eigenvalue weighted by atomic mass is 16.3. The molecule has 1 amide bonds. The fourth-order valence-corrected chi connectivity index (χ4v) is 7.77. The summed E-state index contributed by atoms with van der Waals surface area (Å²) in [6, 6.07) is -0.614. The van der Waals surface area contributed by atoms with Crippen molar-refractivity contribution in [1.82, 2.24) is 5.32 Å². The lowest BCUT2D eigenvalue weighted by Gasteiger charge is -2.20. The van der Waals surface area contributed by atoms with Crippen LogP contribution >= 0.6 is 0 Å². The van der Waals surface area contributed by atoms with Crippen LogP contribution in [0.25, 0.3) is 0 Å². The Kier molecular flexibility index (Phi) is 44.8. The molecule has 0 aromatic carbocycles. The van der Waals surface area contributed by atoms with Crippen LogP contribution in [-0.4, -0.2) is 34.9 Å². The van der Waals surface area contributed by atoms with Crippen molar-refractivity contribution in [1.29, 1.82) is 0 Å². The van der Waals surface area contributed by atoms with E-state index >= 15 is 0 Å². The molecular formula is C49H97NO3. The van der Waals surface area contributed by atoms with Crippen LogP contribution in [0.4, 0.5) is 0 Å². The molecule has 0 bridgehead atoms. The minimum Gasteiger partial charge on any atom is -0.394 e. The topological polar surface area (TPSA) is 69.6 Å². The van der Waals surface area contributed by atoms with E-state index in [-0.39, 0.29) is 12.5 Å². The first-order chi connectivity index (χ1) is 26.2. The van der Waals surface area contributed by atoms with Gasteiger partial charge in [0.15, 0.2) is 0 Å². The Hall–Kier alpha value is -0.870. The van der Waals surface area contributed by atoms with E-state index in [4.69, 9.17) is 0 Å². The number of rotatable bonds is 45. The summed E-state index contributed by atoms with van der Waals surface area (Å²) in [5, 5.41) is 22.8. The van der Waals surface area contributed by atoms with Crippen molar-refractivity contribution in [3.63, 3.8) is 0 Å². The van der Waals surface area contributed by atoms with Crippen LogP contribution in [0.5, 0.6) is 0 Å². The van der Waals surface area contributed by atoms with E-state index in [1.54, 1.807) is 6.08 Å². The van der Waals surface area contributed by atoms with E-state index < -0.39 is 12.1 Å². The number of unbranched alkanes of at least 4 members (excludes halogenated alkanes) is 38. The molecule has 0 radical (unpaired) electrons. The lowest BCUT2D eigenvalue weighted by atomic mass is 10.0. The molecule has 4 nitrogen and oxygen atoms in total. The summed E-state index contributed by atoms with van der Waals surface area (Å²) in [7, 11) is 0. The van der Waals surface area contributed by atoms with Crippen molar-refractivity contribution in [2.75, 3.05) is 6.61 Å². The molecule has 0 aliphatic heterocycles. The number of hydrogen-bond acceptors (Lipinski definition) is 3. The smallest absolute Gasteiger partial charge is 0.220 e. The van der Waals surface area contributed by atoms with Crippen molar-refractivity contribution >= 4 is 5.91 Å². The third-order valence-electron chi connectivity index (χ3n) is 11.5. The number of carbonyl (C=O) groups is 1. The largest absolute Gasteiger partial charge is 0.394 e. The number of allylic oxidation sites excluding steroid dienone is 1. The molecule has 316 valence electrons. The molecule has 0 aromatic heterocycles. The van der Waals surface area contributed by atoms with Gasteiger partial charge in [-0.2, -0.15) is 0 Å². The lowest BCUT2D eigenvalue weighted by Crippen LogP contribution is -2.45. The van der Waals surface area contributed by atoms with Crippen molar-refractivity contribution in [2.24, 2.45) is 0 Å². The zero-order valence-electron chi connectivity index (χ0n) is 36.3. The van der Waals surface area contributed by atoms with Crippen LogP contribution < -0.4 is 5.32 Å². The summed E-state index contributed by atoms with van der Waals surface area (Å²) < 4.78 is 0. The van der Waals surface area contributed by atoms with Gasteiger partial charge in [0.25, 0.3) is 0 Å². The van der Waals surface area contributed by atoms with E-state index in [1.807, 2.05) is 6.08 Å². The van der Waals surface area contributed by atoms with Crippen LogP contribution in [-0.2, 0) is 4.79 Å². The van der Waals surface area contributed by atoms with Crippen LogP contribution in [0.2, 0.25) is 0 Å². The van der Waals surface area contributed by atoms with E-state index in [2.05, 4.69) is 19.2 Å². The molecule has 2 atom stereocenters.